The molecule has 2 rings (SSSR count). The second kappa shape index (κ2) is 5.33. The highest BCUT2D eigenvalue weighted by Crippen LogP contribution is 2.27. The Balaban J connectivity index is 1.89. The molecule has 2 aliphatic rings. The molecule has 1 amide bonds. The maximum absolute atomic E-state index is 12.0. The quantitative estimate of drug-likeness (QED) is 0.668. The molecule has 1 aliphatic heterocycles. The van der Waals surface area contributed by atoms with Crippen molar-refractivity contribution in [3.05, 3.63) is 0 Å². The highest BCUT2D eigenvalue weighted by molar-refractivity contribution is 7.91. The van der Waals surface area contributed by atoms with E-state index < -0.39 is 21.3 Å². The van der Waals surface area contributed by atoms with E-state index in [1.54, 1.807) is 11.8 Å². The molecular weight excluding hydrogens is 284 g/mol. The molecule has 1 saturated carbocycles. The average Bonchev–Trinajstić information content (AvgIpc) is 3.04. The Hall–Kier alpha value is -1.15. The van der Waals surface area contributed by atoms with Gasteiger partial charge < -0.3 is 10.4 Å². The fourth-order valence-corrected chi connectivity index (χ4v) is 4.69. The first-order chi connectivity index (χ1) is 9.19. The lowest BCUT2D eigenvalue weighted by molar-refractivity contribution is -0.139. The van der Waals surface area contributed by atoms with Gasteiger partial charge in [0.15, 0.2) is 9.84 Å². The first-order valence-electron chi connectivity index (χ1n) is 6.66. The molecular formula is C12H20N2O5S. The van der Waals surface area contributed by atoms with Gasteiger partial charge in [-0.15, -0.1) is 0 Å². The molecule has 7 nitrogen and oxygen atoms in total. The number of amides is 1. The van der Waals surface area contributed by atoms with Crippen molar-refractivity contribution in [2.45, 2.75) is 37.8 Å². The van der Waals surface area contributed by atoms with Gasteiger partial charge in [-0.2, -0.15) is 0 Å². The lowest BCUT2D eigenvalue weighted by Gasteiger charge is -2.26. The zero-order valence-corrected chi connectivity index (χ0v) is 12.3. The molecule has 0 radical (unpaired) electrons. The number of carboxylic acid groups (broad SMARTS) is 1. The molecule has 20 heavy (non-hydrogen) atoms. The van der Waals surface area contributed by atoms with E-state index in [0.717, 1.165) is 12.8 Å². The molecule has 1 aliphatic carbocycles. The van der Waals surface area contributed by atoms with Crippen LogP contribution < -0.4 is 5.32 Å². The van der Waals surface area contributed by atoms with Crippen molar-refractivity contribution in [3.8, 4) is 0 Å². The third-order valence-electron chi connectivity index (χ3n) is 3.69. The molecule has 2 N–H and O–H groups in total. The van der Waals surface area contributed by atoms with E-state index in [9.17, 15) is 18.0 Å². The van der Waals surface area contributed by atoms with Gasteiger partial charge in [-0.3, -0.25) is 14.5 Å². The highest BCUT2D eigenvalue weighted by atomic mass is 32.2. The van der Waals surface area contributed by atoms with Gasteiger partial charge in [0.2, 0.25) is 5.91 Å². The van der Waals surface area contributed by atoms with E-state index in [-0.39, 0.29) is 36.5 Å². The van der Waals surface area contributed by atoms with Gasteiger partial charge >= 0.3 is 5.97 Å². The van der Waals surface area contributed by atoms with Crippen molar-refractivity contribution < 1.29 is 23.1 Å². The molecule has 8 heteroatoms. The second-order valence-corrected chi connectivity index (χ2v) is 8.16. The minimum absolute atomic E-state index is 0.00655. The first-order valence-corrected chi connectivity index (χ1v) is 8.49. The van der Waals surface area contributed by atoms with Gasteiger partial charge in [-0.25, -0.2) is 8.42 Å². The second-order valence-electron chi connectivity index (χ2n) is 5.98. The summed E-state index contributed by atoms with van der Waals surface area (Å²) >= 11 is 0. The number of carbonyl (C=O) groups excluding carboxylic acids is 1. The number of nitrogens with one attached hydrogen (secondary N) is 1. The Morgan fingerprint density at radius 3 is 2.45 bits per heavy atom. The van der Waals surface area contributed by atoms with Crippen LogP contribution in [0.4, 0.5) is 0 Å². The minimum atomic E-state index is -3.07. The summed E-state index contributed by atoms with van der Waals surface area (Å²) < 4.78 is 22.9. The minimum Gasteiger partial charge on any atom is -0.480 e. The number of aliphatic carboxylic acids is 1. The van der Waals surface area contributed by atoms with Crippen LogP contribution in [-0.2, 0) is 19.4 Å². The number of rotatable bonds is 6. The standard InChI is InChI=1S/C12H20N2O5S/c1-12(4-5-20(18,19)8-12)13-10(15)6-14(7-11(16)17)9-2-3-9/h9H,2-8H2,1H3,(H,13,15)(H,16,17). The van der Waals surface area contributed by atoms with E-state index in [4.69, 9.17) is 5.11 Å². The Morgan fingerprint density at radius 2 is 2.00 bits per heavy atom. The number of carbonyl (C=O) groups is 2. The molecule has 0 aromatic carbocycles. The molecule has 1 heterocycles. The molecule has 0 aromatic rings. The maximum Gasteiger partial charge on any atom is 0.317 e. The topological polar surface area (TPSA) is 104 Å². The summed E-state index contributed by atoms with van der Waals surface area (Å²) in [7, 11) is -3.07. The van der Waals surface area contributed by atoms with Gasteiger partial charge in [0, 0.05) is 6.04 Å². The van der Waals surface area contributed by atoms with E-state index in [1.165, 1.54) is 0 Å². The highest BCUT2D eigenvalue weighted by Gasteiger charge is 2.40. The van der Waals surface area contributed by atoms with Crippen LogP contribution >= 0.6 is 0 Å². The Morgan fingerprint density at radius 1 is 1.35 bits per heavy atom. The van der Waals surface area contributed by atoms with Crippen LogP contribution in [0.3, 0.4) is 0 Å². The molecule has 1 unspecified atom stereocenters. The summed E-state index contributed by atoms with van der Waals surface area (Å²) in [5.74, 6) is -1.23. The number of hydrogen-bond acceptors (Lipinski definition) is 5. The van der Waals surface area contributed by atoms with Crippen LogP contribution in [0, 0.1) is 0 Å². The van der Waals surface area contributed by atoms with Gasteiger partial charge in [-0.1, -0.05) is 0 Å². The summed E-state index contributed by atoms with van der Waals surface area (Å²) in [6.45, 7) is 1.56. The Kier molecular flexibility index (Phi) is 4.06. The van der Waals surface area contributed by atoms with Crippen LogP contribution in [0.5, 0.6) is 0 Å². The number of hydrogen-bond donors (Lipinski definition) is 2. The number of sulfone groups is 1. The van der Waals surface area contributed by atoms with Gasteiger partial charge in [0.25, 0.3) is 0 Å². The largest absolute Gasteiger partial charge is 0.480 e. The molecule has 1 atom stereocenters. The molecule has 0 aromatic heterocycles. The zero-order chi connectivity index (χ0) is 15.0. The average molecular weight is 304 g/mol. The van der Waals surface area contributed by atoms with E-state index in [0.29, 0.717) is 6.42 Å². The number of carboxylic acids is 1. The summed E-state index contributed by atoms with van der Waals surface area (Å²) in [4.78, 5) is 24.4. The first kappa shape index (κ1) is 15.2. The van der Waals surface area contributed by atoms with Crippen molar-refractivity contribution >= 4 is 21.7 Å². The monoisotopic (exact) mass is 304 g/mol. The predicted octanol–water partition coefficient (Wildman–Crippen LogP) is -0.771. The van der Waals surface area contributed by atoms with Crippen molar-refractivity contribution in [1.82, 2.24) is 10.2 Å². The molecule has 0 spiro atoms. The molecule has 0 bridgehead atoms. The van der Waals surface area contributed by atoms with Crippen molar-refractivity contribution in [3.63, 3.8) is 0 Å². The van der Waals surface area contributed by atoms with Crippen LogP contribution in [0.15, 0.2) is 0 Å². The summed E-state index contributed by atoms with van der Waals surface area (Å²) in [6.07, 6.45) is 2.22. The summed E-state index contributed by atoms with van der Waals surface area (Å²) in [6, 6.07) is 0.164. The normalized spacial score (nSPS) is 28.5. The third-order valence-corrected chi connectivity index (χ3v) is 5.60. The van der Waals surface area contributed by atoms with Crippen LogP contribution in [-0.4, -0.2) is 66.5 Å². The fourth-order valence-electron chi connectivity index (χ4n) is 2.60. The van der Waals surface area contributed by atoms with Crippen LogP contribution in [0.2, 0.25) is 0 Å². The van der Waals surface area contributed by atoms with E-state index >= 15 is 0 Å². The van der Waals surface area contributed by atoms with Crippen molar-refractivity contribution in [2.24, 2.45) is 0 Å². The van der Waals surface area contributed by atoms with Gasteiger partial charge in [-0.05, 0) is 26.2 Å². The molecule has 1 saturated heterocycles. The summed E-state index contributed by atoms with van der Waals surface area (Å²) in [5.41, 5.74) is -0.728. The molecule has 114 valence electrons. The van der Waals surface area contributed by atoms with Gasteiger partial charge in [0.1, 0.15) is 0 Å². The van der Waals surface area contributed by atoms with E-state index in [1.807, 2.05) is 0 Å². The molecule has 2 fully saturated rings. The lowest BCUT2D eigenvalue weighted by Crippen LogP contribution is -2.51. The number of nitrogens with zero attached hydrogens (tertiary/aromatic N) is 1. The maximum atomic E-state index is 12.0. The third kappa shape index (κ3) is 4.17. The lowest BCUT2D eigenvalue weighted by atomic mass is 10.0. The van der Waals surface area contributed by atoms with E-state index in [2.05, 4.69) is 5.32 Å². The van der Waals surface area contributed by atoms with Gasteiger partial charge in [0.05, 0.1) is 30.1 Å². The smallest absolute Gasteiger partial charge is 0.317 e. The Bertz CT molecular complexity index is 514. The SMILES string of the molecule is CC1(NC(=O)CN(CC(=O)O)C2CC2)CCS(=O)(=O)C1. The predicted molar refractivity (Wildman–Crippen MR) is 72.0 cm³/mol. The van der Waals surface area contributed by atoms with Crippen molar-refractivity contribution in [2.75, 3.05) is 24.6 Å². The zero-order valence-electron chi connectivity index (χ0n) is 11.5. The summed E-state index contributed by atoms with van der Waals surface area (Å²) in [5, 5.41) is 11.6. The Labute approximate surface area is 118 Å². The fraction of sp³-hybridized carbons (Fsp3) is 0.833. The van der Waals surface area contributed by atoms with Crippen LogP contribution in [0.25, 0.3) is 0 Å². The van der Waals surface area contributed by atoms with Crippen molar-refractivity contribution in [1.29, 1.82) is 0 Å². The van der Waals surface area contributed by atoms with Crippen LogP contribution in [0.1, 0.15) is 26.2 Å².